The molecular formula is C20H23N3O4. The van der Waals surface area contributed by atoms with Crippen LogP contribution in [0.15, 0.2) is 47.6 Å². The Morgan fingerprint density at radius 1 is 1.04 bits per heavy atom. The summed E-state index contributed by atoms with van der Waals surface area (Å²) in [7, 11) is 3.11. The van der Waals surface area contributed by atoms with Gasteiger partial charge in [0.2, 0.25) is 11.8 Å². The van der Waals surface area contributed by atoms with E-state index in [1.807, 2.05) is 31.2 Å². The molecule has 0 unspecified atom stereocenters. The molecule has 0 fully saturated rings. The third-order valence-corrected chi connectivity index (χ3v) is 3.83. The first kappa shape index (κ1) is 20.0. The minimum absolute atomic E-state index is 0.0365. The SMILES string of the molecule is COc1ccc(/C=N/NC(=O)CCC(=O)Nc2ccccc2C)c(OC)c1. The second-order valence-electron chi connectivity index (χ2n) is 5.76. The molecule has 2 rings (SSSR count). The van der Waals surface area contributed by atoms with Gasteiger partial charge in [-0.3, -0.25) is 9.59 Å². The molecule has 0 aliphatic heterocycles. The van der Waals surface area contributed by atoms with E-state index in [9.17, 15) is 9.59 Å². The average molecular weight is 369 g/mol. The lowest BCUT2D eigenvalue weighted by Gasteiger charge is -2.08. The van der Waals surface area contributed by atoms with Crippen LogP contribution in [0.3, 0.4) is 0 Å². The topological polar surface area (TPSA) is 89.0 Å². The third-order valence-electron chi connectivity index (χ3n) is 3.83. The smallest absolute Gasteiger partial charge is 0.240 e. The molecule has 0 aliphatic carbocycles. The Balaban J connectivity index is 1.81. The number of ether oxygens (including phenoxy) is 2. The lowest BCUT2D eigenvalue weighted by Crippen LogP contribution is -2.20. The molecule has 0 radical (unpaired) electrons. The van der Waals surface area contributed by atoms with Gasteiger partial charge in [-0.05, 0) is 30.7 Å². The third kappa shape index (κ3) is 6.14. The number of nitrogens with one attached hydrogen (secondary N) is 2. The normalized spacial score (nSPS) is 10.5. The van der Waals surface area contributed by atoms with Gasteiger partial charge in [0.1, 0.15) is 11.5 Å². The molecule has 2 aromatic rings. The Morgan fingerprint density at radius 2 is 1.78 bits per heavy atom. The molecule has 7 nitrogen and oxygen atoms in total. The standard InChI is InChI=1S/C20H23N3O4/c1-14-6-4-5-7-17(14)22-19(24)10-11-20(25)23-21-13-15-8-9-16(26-2)12-18(15)27-3/h4-9,12-13H,10-11H2,1-3H3,(H,22,24)(H,23,25)/b21-13+. The molecule has 2 aromatic carbocycles. The lowest BCUT2D eigenvalue weighted by atomic mass is 10.2. The first-order valence-electron chi connectivity index (χ1n) is 8.43. The molecule has 0 heterocycles. The summed E-state index contributed by atoms with van der Waals surface area (Å²) in [6.07, 6.45) is 1.58. The van der Waals surface area contributed by atoms with Crippen molar-refractivity contribution < 1.29 is 19.1 Å². The van der Waals surface area contributed by atoms with Gasteiger partial charge in [0.05, 0.1) is 20.4 Å². The van der Waals surface area contributed by atoms with E-state index in [0.29, 0.717) is 17.1 Å². The maximum absolute atomic E-state index is 12.0. The number of hydrazone groups is 1. The fraction of sp³-hybridized carbons (Fsp3) is 0.250. The summed E-state index contributed by atoms with van der Waals surface area (Å²) >= 11 is 0. The highest BCUT2D eigenvalue weighted by molar-refractivity contribution is 5.94. The van der Waals surface area contributed by atoms with Crippen LogP contribution < -0.4 is 20.2 Å². The highest BCUT2D eigenvalue weighted by Crippen LogP contribution is 2.23. The van der Waals surface area contributed by atoms with Gasteiger partial charge < -0.3 is 14.8 Å². The highest BCUT2D eigenvalue weighted by Gasteiger charge is 2.08. The van der Waals surface area contributed by atoms with Crippen molar-refractivity contribution in [2.24, 2.45) is 5.10 Å². The summed E-state index contributed by atoms with van der Waals surface area (Å²) in [5.74, 6) is 0.663. The Bertz CT molecular complexity index is 834. The lowest BCUT2D eigenvalue weighted by molar-refractivity contribution is -0.124. The summed E-state index contributed by atoms with van der Waals surface area (Å²) < 4.78 is 10.4. The van der Waals surface area contributed by atoms with Crippen molar-refractivity contribution in [2.75, 3.05) is 19.5 Å². The number of methoxy groups -OCH3 is 2. The van der Waals surface area contributed by atoms with Crippen LogP contribution in [0, 0.1) is 6.92 Å². The van der Waals surface area contributed by atoms with E-state index in [0.717, 1.165) is 11.3 Å². The fourth-order valence-electron chi connectivity index (χ4n) is 2.31. The molecule has 0 atom stereocenters. The zero-order chi connectivity index (χ0) is 19.6. The second kappa shape index (κ2) is 9.96. The first-order valence-corrected chi connectivity index (χ1v) is 8.43. The molecule has 0 bridgehead atoms. The first-order chi connectivity index (χ1) is 13.0. The molecule has 0 saturated carbocycles. The van der Waals surface area contributed by atoms with Crippen molar-refractivity contribution in [3.63, 3.8) is 0 Å². The maximum atomic E-state index is 12.0. The molecule has 0 saturated heterocycles. The summed E-state index contributed by atoms with van der Waals surface area (Å²) in [6, 6.07) is 12.7. The number of anilines is 1. The summed E-state index contributed by atoms with van der Waals surface area (Å²) in [4.78, 5) is 23.8. The van der Waals surface area contributed by atoms with Crippen LogP contribution in [0.2, 0.25) is 0 Å². The van der Waals surface area contributed by atoms with E-state index in [-0.39, 0.29) is 24.7 Å². The quantitative estimate of drug-likeness (QED) is 0.553. The molecule has 0 aromatic heterocycles. The maximum Gasteiger partial charge on any atom is 0.240 e. The Kier molecular flexibility index (Phi) is 7.37. The number of hydrogen-bond donors (Lipinski definition) is 2. The Labute approximate surface area is 158 Å². The molecule has 142 valence electrons. The van der Waals surface area contributed by atoms with E-state index in [4.69, 9.17) is 9.47 Å². The van der Waals surface area contributed by atoms with Crippen molar-refractivity contribution in [1.29, 1.82) is 0 Å². The number of para-hydroxylation sites is 1. The summed E-state index contributed by atoms with van der Waals surface area (Å²) in [5.41, 5.74) is 4.81. The van der Waals surface area contributed by atoms with Gasteiger partial charge in [0.15, 0.2) is 0 Å². The van der Waals surface area contributed by atoms with Gasteiger partial charge in [-0.1, -0.05) is 18.2 Å². The predicted octanol–water partition coefficient (Wildman–Crippen LogP) is 2.88. The van der Waals surface area contributed by atoms with Gasteiger partial charge >= 0.3 is 0 Å². The largest absolute Gasteiger partial charge is 0.497 e. The minimum Gasteiger partial charge on any atom is -0.497 e. The van der Waals surface area contributed by atoms with Gasteiger partial charge in [-0.15, -0.1) is 0 Å². The molecule has 0 spiro atoms. The number of amides is 2. The van der Waals surface area contributed by atoms with Crippen molar-refractivity contribution in [3.05, 3.63) is 53.6 Å². The average Bonchev–Trinajstić information content (AvgIpc) is 2.68. The van der Waals surface area contributed by atoms with E-state index in [1.54, 1.807) is 25.3 Å². The Hall–Kier alpha value is -3.35. The van der Waals surface area contributed by atoms with Crippen LogP contribution in [0.1, 0.15) is 24.0 Å². The minimum atomic E-state index is -0.348. The van der Waals surface area contributed by atoms with Crippen molar-refractivity contribution in [1.82, 2.24) is 5.43 Å². The highest BCUT2D eigenvalue weighted by atomic mass is 16.5. The van der Waals surface area contributed by atoms with Crippen LogP contribution in [0.4, 0.5) is 5.69 Å². The predicted molar refractivity (Wildman–Crippen MR) is 104 cm³/mol. The van der Waals surface area contributed by atoms with Crippen LogP contribution >= 0.6 is 0 Å². The molecule has 2 amide bonds. The summed E-state index contributed by atoms with van der Waals surface area (Å²) in [6.45, 7) is 1.91. The van der Waals surface area contributed by atoms with Crippen molar-refractivity contribution in [2.45, 2.75) is 19.8 Å². The molecular weight excluding hydrogens is 346 g/mol. The van der Waals surface area contributed by atoms with E-state index in [2.05, 4.69) is 15.8 Å². The zero-order valence-corrected chi connectivity index (χ0v) is 15.6. The van der Waals surface area contributed by atoms with E-state index >= 15 is 0 Å². The number of carbonyl (C=O) groups is 2. The zero-order valence-electron chi connectivity index (χ0n) is 15.6. The number of rotatable bonds is 8. The molecule has 2 N–H and O–H groups in total. The van der Waals surface area contributed by atoms with E-state index < -0.39 is 0 Å². The fourth-order valence-corrected chi connectivity index (χ4v) is 2.31. The van der Waals surface area contributed by atoms with Crippen LogP contribution in [-0.2, 0) is 9.59 Å². The number of nitrogens with zero attached hydrogens (tertiary/aromatic N) is 1. The molecule has 7 heteroatoms. The summed E-state index contributed by atoms with van der Waals surface area (Å²) in [5, 5.41) is 6.69. The van der Waals surface area contributed by atoms with E-state index in [1.165, 1.54) is 13.3 Å². The van der Waals surface area contributed by atoms with Crippen molar-refractivity contribution in [3.8, 4) is 11.5 Å². The number of aryl methyl sites for hydroxylation is 1. The Morgan fingerprint density at radius 3 is 2.48 bits per heavy atom. The van der Waals surface area contributed by atoms with Gasteiger partial charge in [0.25, 0.3) is 0 Å². The van der Waals surface area contributed by atoms with Gasteiger partial charge in [-0.2, -0.15) is 5.10 Å². The van der Waals surface area contributed by atoms with Crippen LogP contribution in [0.5, 0.6) is 11.5 Å². The second-order valence-corrected chi connectivity index (χ2v) is 5.76. The van der Waals surface area contributed by atoms with Gasteiger partial charge in [-0.25, -0.2) is 5.43 Å². The van der Waals surface area contributed by atoms with Gasteiger partial charge in [0, 0.05) is 30.2 Å². The number of carbonyl (C=O) groups excluding carboxylic acids is 2. The van der Waals surface area contributed by atoms with Crippen LogP contribution in [-0.4, -0.2) is 32.2 Å². The molecule has 27 heavy (non-hydrogen) atoms. The van der Waals surface area contributed by atoms with Crippen LogP contribution in [0.25, 0.3) is 0 Å². The monoisotopic (exact) mass is 369 g/mol. The van der Waals surface area contributed by atoms with Crippen molar-refractivity contribution >= 4 is 23.7 Å². The number of benzene rings is 2. The molecule has 0 aliphatic rings. The number of hydrogen-bond acceptors (Lipinski definition) is 5.